The molecule has 0 aromatic rings. The van der Waals surface area contributed by atoms with Gasteiger partial charge in [0.15, 0.2) is 0 Å². The molecule has 0 heterocycles. The molecule has 3 nitrogen and oxygen atoms in total. The molecule has 0 spiro atoms. The molecule has 0 aliphatic heterocycles. The Hall–Kier alpha value is -0.570. The van der Waals surface area contributed by atoms with Crippen LogP contribution in [-0.2, 0) is 4.79 Å². The lowest BCUT2D eigenvalue weighted by Gasteiger charge is -2.39. The van der Waals surface area contributed by atoms with Gasteiger partial charge >= 0.3 is 0 Å². The molecule has 0 aromatic carbocycles. The Labute approximate surface area is 99.4 Å². The van der Waals surface area contributed by atoms with Crippen LogP contribution >= 0.6 is 0 Å². The third-order valence-electron chi connectivity index (χ3n) is 3.60. The fourth-order valence-corrected chi connectivity index (χ4v) is 2.75. The smallest absolute Gasteiger partial charge is 0.216 e. The molecule has 1 aliphatic carbocycles. The Morgan fingerprint density at radius 1 is 1.38 bits per heavy atom. The van der Waals surface area contributed by atoms with Crippen LogP contribution < -0.4 is 10.6 Å². The van der Waals surface area contributed by atoms with Crippen molar-refractivity contribution in [2.75, 3.05) is 13.1 Å². The SMILES string of the molecule is CC(=O)NCCNC1CCC(C)(C)CC1C. The third-order valence-corrected chi connectivity index (χ3v) is 3.60. The van der Waals surface area contributed by atoms with Crippen molar-refractivity contribution >= 4 is 5.91 Å². The first-order valence-electron chi connectivity index (χ1n) is 6.38. The van der Waals surface area contributed by atoms with Crippen molar-refractivity contribution in [2.24, 2.45) is 11.3 Å². The van der Waals surface area contributed by atoms with Gasteiger partial charge in [0.05, 0.1) is 0 Å². The number of hydrogen-bond donors (Lipinski definition) is 2. The summed E-state index contributed by atoms with van der Waals surface area (Å²) >= 11 is 0. The van der Waals surface area contributed by atoms with E-state index in [0.717, 1.165) is 19.0 Å². The summed E-state index contributed by atoms with van der Waals surface area (Å²) in [5.74, 6) is 0.792. The van der Waals surface area contributed by atoms with Gasteiger partial charge in [-0.3, -0.25) is 4.79 Å². The Bertz CT molecular complexity index is 238. The molecule has 94 valence electrons. The van der Waals surface area contributed by atoms with Crippen LogP contribution in [-0.4, -0.2) is 25.0 Å². The van der Waals surface area contributed by atoms with E-state index in [1.165, 1.54) is 19.3 Å². The highest BCUT2D eigenvalue weighted by Crippen LogP contribution is 2.38. The summed E-state index contributed by atoms with van der Waals surface area (Å²) in [4.78, 5) is 10.7. The van der Waals surface area contributed by atoms with Crippen LogP contribution in [0.15, 0.2) is 0 Å². The Morgan fingerprint density at radius 3 is 2.62 bits per heavy atom. The van der Waals surface area contributed by atoms with E-state index in [4.69, 9.17) is 0 Å². The zero-order valence-electron chi connectivity index (χ0n) is 11.1. The minimum atomic E-state index is 0.0552. The van der Waals surface area contributed by atoms with Gasteiger partial charge in [-0.05, 0) is 30.6 Å². The monoisotopic (exact) mass is 226 g/mol. The van der Waals surface area contributed by atoms with E-state index >= 15 is 0 Å². The molecule has 1 amide bonds. The van der Waals surface area contributed by atoms with Gasteiger partial charge in [0.2, 0.25) is 5.91 Å². The summed E-state index contributed by atoms with van der Waals surface area (Å²) in [5.41, 5.74) is 0.509. The molecule has 1 rings (SSSR count). The second kappa shape index (κ2) is 5.67. The Balaban J connectivity index is 2.21. The van der Waals surface area contributed by atoms with Gasteiger partial charge in [-0.1, -0.05) is 20.8 Å². The number of carbonyl (C=O) groups excluding carboxylic acids is 1. The predicted octanol–water partition coefficient (Wildman–Crippen LogP) is 1.93. The number of rotatable bonds is 4. The van der Waals surface area contributed by atoms with Crippen LogP contribution in [0.4, 0.5) is 0 Å². The first-order chi connectivity index (χ1) is 7.41. The van der Waals surface area contributed by atoms with Crippen LogP contribution in [0.25, 0.3) is 0 Å². The molecular formula is C13H26N2O. The predicted molar refractivity (Wildman–Crippen MR) is 67.3 cm³/mol. The van der Waals surface area contributed by atoms with Crippen LogP contribution in [0.1, 0.15) is 47.0 Å². The lowest BCUT2D eigenvalue weighted by atomic mass is 9.70. The molecule has 2 unspecified atom stereocenters. The minimum absolute atomic E-state index is 0.0552. The van der Waals surface area contributed by atoms with Gasteiger partial charge in [0, 0.05) is 26.1 Å². The summed E-state index contributed by atoms with van der Waals surface area (Å²) in [6, 6.07) is 0.627. The molecule has 2 atom stereocenters. The highest BCUT2D eigenvalue weighted by atomic mass is 16.1. The normalized spacial score (nSPS) is 28.8. The van der Waals surface area contributed by atoms with Crippen LogP contribution in [0.2, 0.25) is 0 Å². The van der Waals surface area contributed by atoms with Gasteiger partial charge in [0.1, 0.15) is 0 Å². The Morgan fingerprint density at radius 2 is 2.06 bits per heavy atom. The standard InChI is InChI=1S/C13H26N2O/c1-10-9-13(3,4)6-5-12(10)15-8-7-14-11(2)16/h10,12,15H,5-9H2,1-4H3,(H,14,16). The van der Waals surface area contributed by atoms with E-state index < -0.39 is 0 Å². The molecule has 1 saturated carbocycles. The van der Waals surface area contributed by atoms with Crippen molar-refractivity contribution in [1.29, 1.82) is 0 Å². The van der Waals surface area contributed by atoms with Gasteiger partial charge < -0.3 is 10.6 Å². The van der Waals surface area contributed by atoms with Gasteiger partial charge in [0.25, 0.3) is 0 Å². The first kappa shape index (κ1) is 13.5. The molecule has 3 heteroatoms. The molecule has 16 heavy (non-hydrogen) atoms. The third kappa shape index (κ3) is 4.52. The topological polar surface area (TPSA) is 41.1 Å². The van der Waals surface area contributed by atoms with Crippen LogP contribution in [0.5, 0.6) is 0 Å². The number of hydrogen-bond acceptors (Lipinski definition) is 2. The lowest BCUT2D eigenvalue weighted by Crippen LogP contribution is -2.44. The molecule has 2 N–H and O–H groups in total. The summed E-state index contributed by atoms with van der Waals surface area (Å²) < 4.78 is 0. The Kier molecular flexibility index (Phi) is 4.78. The van der Waals surface area contributed by atoms with Gasteiger partial charge in [-0.15, -0.1) is 0 Å². The van der Waals surface area contributed by atoms with E-state index in [1.807, 2.05) is 0 Å². The average molecular weight is 226 g/mol. The number of carbonyl (C=O) groups is 1. The number of nitrogens with one attached hydrogen (secondary N) is 2. The van der Waals surface area contributed by atoms with Crippen molar-refractivity contribution in [3.8, 4) is 0 Å². The first-order valence-corrected chi connectivity index (χ1v) is 6.38. The largest absolute Gasteiger partial charge is 0.355 e. The molecule has 1 aliphatic rings. The van der Waals surface area contributed by atoms with E-state index in [2.05, 4.69) is 31.4 Å². The minimum Gasteiger partial charge on any atom is -0.355 e. The fourth-order valence-electron chi connectivity index (χ4n) is 2.75. The highest BCUT2D eigenvalue weighted by Gasteiger charge is 2.31. The van der Waals surface area contributed by atoms with E-state index in [-0.39, 0.29) is 5.91 Å². The highest BCUT2D eigenvalue weighted by molar-refractivity contribution is 5.72. The maximum absolute atomic E-state index is 10.7. The molecule has 0 saturated heterocycles. The van der Waals surface area contributed by atoms with Crippen molar-refractivity contribution in [3.63, 3.8) is 0 Å². The molecule has 0 bridgehead atoms. The van der Waals surface area contributed by atoms with Crippen molar-refractivity contribution in [3.05, 3.63) is 0 Å². The van der Waals surface area contributed by atoms with Crippen molar-refractivity contribution in [2.45, 2.75) is 53.0 Å². The van der Waals surface area contributed by atoms with Crippen LogP contribution in [0.3, 0.4) is 0 Å². The lowest BCUT2D eigenvalue weighted by molar-refractivity contribution is -0.118. The number of amides is 1. The summed E-state index contributed by atoms with van der Waals surface area (Å²) in [6.45, 7) is 10.2. The average Bonchev–Trinajstić information content (AvgIpc) is 2.13. The second-order valence-corrected chi connectivity index (χ2v) is 5.93. The van der Waals surface area contributed by atoms with Crippen molar-refractivity contribution < 1.29 is 4.79 Å². The molecule has 1 fully saturated rings. The van der Waals surface area contributed by atoms with E-state index in [1.54, 1.807) is 6.92 Å². The van der Waals surface area contributed by atoms with Crippen LogP contribution in [0, 0.1) is 11.3 Å². The maximum atomic E-state index is 10.7. The summed E-state index contributed by atoms with van der Waals surface area (Å²) in [6.07, 6.45) is 3.86. The summed E-state index contributed by atoms with van der Waals surface area (Å²) in [7, 11) is 0. The zero-order chi connectivity index (χ0) is 12.2. The van der Waals surface area contributed by atoms with Gasteiger partial charge in [-0.25, -0.2) is 0 Å². The zero-order valence-corrected chi connectivity index (χ0v) is 11.1. The maximum Gasteiger partial charge on any atom is 0.216 e. The molecule has 0 radical (unpaired) electrons. The summed E-state index contributed by atoms with van der Waals surface area (Å²) in [5, 5.41) is 6.36. The van der Waals surface area contributed by atoms with E-state index in [0.29, 0.717) is 11.5 Å². The second-order valence-electron chi connectivity index (χ2n) is 5.93. The van der Waals surface area contributed by atoms with Gasteiger partial charge in [-0.2, -0.15) is 0 Å². The quantitative estimate of drug-likeness (QED) is 0.719. The van der Waals surface area contributed by atoms with Crippen molar-refractivity contribution in [1.82, 2.24) is 10.6 Å². The fraction of sp³-hybridized carbons (Fsp3) is 0.923. The molecular weight excluding hydrogens is 200 g/mol. The molecule has 0 aromatic heterocycles. The van der Waals surface area contributed by atoms with E-state index in [9.17, 15) is 4.79 Å².